The summed E-state index contributed by atoms with van der Waals surface area (Å²) in [5.41, 5.74) is 2.97. The fourth-order valence-electron chi connectivity index (χ4n) is 3.86. The van der Waals surface area contributed by atoms with E-state index in [0.29, 0.717) is 11.8 Å². The van der Waals surface area contributed by atoms with Crippen LogP contribution in [-0.4, -0.2) is 25.8 Å². The van der Waals surface area contributed by atoms with Crippen LogP contribution in [0.5, 0.6) is 11.5 Å². The first-order valence-corrected chi connectivity index (χ1v) is 10.8. The molecule has 0 aliphatic heterocycles. The van der Waals surface area contributed by atoms with E-state index in [4.69, 9.17) is 9.72 Å². The van der Waals surface area contributed by atoms with Crippen LogP contribution < -0.4 is 10.1 Å². The lowest BCUT2D eigenvalue weighted by molar-refractivity contribution is 0.462. The normalized spacial score (nSPS) is 14.9. The minimum Gasteiger partial charge on any atom is -0.456 e. The summed E-state index contributed by atoms with van der Waals surface area (Å²) in [6.45, 7) is 0. The van der Waals surface area contributed by atoms with Gasteiger partial charge in [0.05, 0.1) is 22.1 Å². The van der Waals surface area contributed by atoms with Gasteiger partial charge in [-0.3, -0.25) is 9.67 Å². The molecule has 1 aromatic carbocycles. The van der Waals surface area contributed by atoms with Crippen molar-refractivity contribution in [3.8, 4) is 22.8 Å². The first-order chi connectivity index (χ1) is 14.2. The smallest absolute Gasteiger partial charge is 0.184 e. The Morgan fingerprint density at radius 1 is 1.07 bits per heavy atom. The van der Waals surface area contributed by atoms with Crippen molar-refractivity contribution in [2.75, 3.05) is 5.32 Å². The Hall–Kier alpha value is -2.93. The molecule has 0 bridgehead atoms. The quantitative estimate of drug-likeness (QED) is 0.466. The van der Waals surface area contributed by atoms with Crippen LogP contribution in [0.4, 0.5) is 5.13 Å². The molecule has 0 saturated heterocycles. The van der Waals surface area contributed by atoms with Crippen LogP contribution in [0.25, 0.3) is 21.5 Å². The summed E-state index contributed by atoms with van der Waals surface area (Å²) in [6.07, 6.45) is 11.8. The van der Waals surface area contributed by atoms with E-state index in [0.717, 1.165) is 32.4 Å². The highest BCUT2D eigenvalue weighted by Crippen LogP contribution is 2.33. The van der Waals surface area contributed by atoms with E-state index in [-0.39, 0.29) is 0 Å². The zero-order chi connectivity index (χ0) is 19.6. The summed E-state index contributed by atoms with van der Waals surface area (Å²) < 4.78 is 9.04. The first-order valence-electron chi connectivity index (χ1n) is 10.0. The van der Waals surface area contributed by atoms with Crippen LogP contribution in [-0.2, 0) is 7.05 Å². The Labute approximate surface area is 173 Å². The van der Waals surface area contributed by atoms with Crippen molar-refractivity contribution >= 4 is 26.7 Å². The number of thiazole rings is 1. The summed E-state index contributed by atoms with van der Waals surface area (Å²) in [5, 5.41) is 8.84. The molecule has 0 unspecified atom stereocenters. The van der Waals surface area contributed by atoms with Gasteiger partial charge in [-0.15, -0.1) is 0 Å². The Balaban J connectivity index is 1.35. The van der Waals surface area contributed by atoms with Gasteiger partial charge in [0.15, 0.2) is 5.13 Å². The Kier molecular flexibility index (Phi) is 4.89. The third kappa shape index (κ3) is 3.96. The Morgan fingerprint density at radius 3 is 2.79 bits per heavy atom. The highest BCUT2D eigenvalue weighted by atomic mass is 32.1. The molecule has 3 aromatic heterocycles. The molecule has 0 radical (unpaired) electrons. The van der Waals surface area contributed by atoms with Crippen molar-refractivity contribution in [2.24, 2.45) is 7.05 Å². The van der Waals surface area contributed by atoms with E-state index in [2.05, 4.69) is 21.5 Å². The molecule has 0 atom stereocenters. The minimum absolute atomic E-state index is 0.556. The first kappa shape index (κ1) is 18.1. The number of pyridine rings is 1. The summed E-state index contributed by atoms with van der Waals surface area (Å²) >= 11 is 1.69. The molecule has 1 fully saturated rings. The van der Waals surface area contributed by atoms with E-state index in [1.807, 2.05) is 42.2 Å². The molecule has 29 heavy (non-hydrogen) atoms. The van der Waals surface area contributed by atoms with Crippen molar-refractivity contribution in [1.82, 2.24) is 19.7 Å². The highest BCUT2D eigenvalue weighted by Gasteiger charge is 2.15. The number of nitrogens with one attached hydrogen (secondary N) is 1. The number of aromatic nitrogens is 4. The van der Waals surface area contributed by atoms with Gasteiger partial charge in [-0.05, 0) is 37.1 Å². The highest BCUT2D eigenvalue weighted by molar-refractivity contribution is 7.22. The number of aryl methyl sites for hydroxylation is 1. The zero-order valence-corrected chi connectivity index (χ0v) is 17.2. The molecule has 5 rings (SSSR count). The number of ether oxygens (including phenoxy) is 1. The lowest BCUT2D eigenvalue weighted by Crippen LogP contribution is -2.21. The van der Waals surface area contributed by atoms with Gasteiger partial charge in [0.25, 0.3) is 0 Å². The molecule has 0 spiro atoms. The molecule has 3 heterocycles. The topological polar surface area (TPSA) is 64.9 Å². The lowest BCUT2D eigenvalue weighted by atomic mass is 9.96. The standard InChI is InChI=1S/C22H23N5OS/c1-27-20(9-10-24-27)15-11-18(14-23-13-15)28-17-7-8-19-21(12-17)29-22(26-19)25-16-5-3-2-4-6-16/h7-14,16H,2-6H2,1H3,(H,25,26). The second-order valence-corrected chi connectivity index (χ2v) is 8.51. The number of hydrogen-bond donors (Lipinski definition) is 1. The molecule has 1 aliphatic carbocycles. The molecule has 7 heteroatoms. The minimum atomic E-state index is 0.556. The number of anilines is 1. The van der Waals surface area contributed by atoms with Crippen molar-refractivity contribution in [3.63, 3.8) is 0 Å². The molecule has 0 amide bonds. The number of hydrogen-bond acceptors (Lipinski definition) is 6. The van der Waals surface area contributed by atoms with E-state index in [9.17, 15) is 0 Å². The molecule has 148 valence electrons. The van der Waals surface area contributed by atoms with Gasteiger partial charge in [-0.1, -0.05) is 30.6 Å². The monoisotopic (exact) mass is 405 g/mol. The average molecular weight is 406 g/mol. The van der Waals surface area contributed by atoms with Crippen LogP contribution in [0.2, 0.25) is 0 Å². The van der Waals surface area contributed by atoms with Crippen LogP contribution in [0.1, 0.15) is 32.1 Å². The van der Waals surface area contributed by atoms with E-state index in [1.54, 1.807) is 23.7 Å². The van der Waals surface area contributed by atoms with Crippen molar-refractivity contribution in [3.05, 3.63) is 48.9 Å². The lowest BCUT2D eigenvalue weighted by Gasteiger charge is -2.22. The maximum atomic E-state index is 6.09. The molecule has 1 N–H and O–H groups in total. The van der Waals surface area contributed by atoms with Gasteiger partial charge in [-0.25, -0.2) is 4.98 Å². The summed E-state index contributed by atoms with van der Waals surface area (Å²) in [6, 6.07) is 10.5. The molecule has 1 saturated carbocycles. The van der Waals surface area contributed by atoms with Gasteiger partial charge >= 0.3 is 0 Å². The third-order valence-corrected chi connectivity index (χ3v) is 6.31. The fraction of sp³-hybridized carbons (Fsp3) is 0.318. The number of fused-ring (bicyclic) bond motifs is 1. The van der Waals surface area contributed by atoms with Gasteiger partial charge in [-0.2, -0.15) is 5.10 Å². The third-order valence-electron chi connectivity index (χ3n) is 5.36. The summed E-state index contributed by atoms with van der Waals surface area (Å²) in [4.78, 5) is 9.07. The Morgan fingerprint density at radius 2 is 1.97 bits per heavy atom. The fourth-order valence-corrected chi connectivity index (χ4v) is 4.83. The largest absolute Gasteiger partial charge is 0.456 e. The second-order valence-electron chi connectivity index (χ2n) is 7.48. The van der Waals surface area contributed by atoms with Crippen molar-refractivity contribution < 1.29 is 4.74 Å². The van der Waals surface area contributed by atoms with Crippen LogP contribution in [0.15, 0.2) is 48.9 Å². The number of benzene rings is 1. The van der Waals surface area contributed by atoms with Crippen molar-refractivity contribution in [2.45, 2.75) is 38.1 Å². The van der Waals surface area contributed by atoms with Crippen LogP contribution >= 0.6 is 11.3 Å². The molecule has 1 aliphatic rings. The zero-order valence-electron chi connectivity index (χ0n) is 16.3. The number of rotatable bonds is 5. The maximum absolute atomic E-state index is 6.09. The predicted molar refractivity (Wildman–Crippen MR) is 117 cm³/mol. The molecule has 6 nitrogen and oxygen atoms in total. The predicted octanol–water partition coefficient (Wildman–Crippen LogP) is 5.63. The Bertz CT molecular complexity index is 1130. The summed E-state index contributed by atoms with van der Waals surface area (Å²) in [5.74, 6) is 1.49. The number of nitrogens with zero attached hydrogens (tertiary/aromatic N) is 4. The van der Waals surface area contributed by atoms with Gasteiger partial charge < -0.3 is 10.1 Å². The van der Waals surface area contributed by atoms with Crippen LogP contribution in [0.3, 0.4) is 0 Å². The average Bonchev–Trinajstić information content (AvgIpc) is 3.34. The van der Waals surface area contributed by atoms with Gasteiger partial charge in [0.1, 0.15) is 11.5 Å². The van der Waals surface area contributed by atoms with Crippen molar-refractivity contribution in [1.29, 1.82) is 0 Å². The van der Waals surface area contributed by atoms with Gasteiger partial charge in [0, 0.05) is 37.1 Å². The SMILES string of the molecule is Cn1nccc1-c1cncc(Oc2ccc3nc(NC4CCCCC4)sc3c2)c1. The van der Waals surface area contributed by atoms with Crippen LogP contribution in [0, 0.1) is 0 Å². The molecule has 4 aromatic rings. The maximum Gasteiger partial charge on any atom is 0.184 e. The molecular formula is C22H23N5OS. The second kappa shape index (κ2) is 7.83. The van der Waals surface area contributed by atoms with E-state index in [1.165, 1.54) is 32.1 Å². The van der Waals surface area contributed by atoms with E-state index < -0.39 is 0 Å². The summed E-state index contributed by atoms with van der Waals surface area (Å²) in [7, 11) is 1.92. The molecular weight excluding hydrogens is 382 g/mol. The van der Waals surface area contributed by atoms with E-state index >= 15 is 0 Å². The van der Waals surface area contributed by atoms with Gasteiger partial charge in [0.2, 0.25) is 0 Å².